The number of ether oxygens (including phenoxy) is 1. The van der Waals surface area contributed by atoms with Crippen LogP contribution in [0.2, 0.25) is 0 Å². The van der Waals surface area contributed by atoms with E-state index in [1.54, 1.807) is 0 Å². The molecule has 1 aromatic rings. The molecule has 0 saturated heterocycles. The Kier molecular flexibility index (Phi) is 7.80. The molecule has 0 bridgehead atoms. The average molecular weight is 354 g/mol. The molecule has 1 aromatic carbocycles. The number of nitrogens with zero attached hydrogens (tertiary/aromatic N) is 1. The van der Waals surface area contributed by atoms with E-state index in [-0.39, 0.29) is 18.6 Å². The fourth-order valence-corrected chi connectivity index (χ4v) is 2.24. The van der Waals surface area contributed by atoms with Crippen LogP contribution >= 0.6 is 15.9 Å². The Bertz CT molecular complexity index is 514. The van der Waals surface area contributed by atoms with Crippen LogP contribution in [0, 0.1) is 11.3 Å². The molecule has 114 valence electrons. The van der Waals surface area contributed by atoms with Gasteiger partial charge < -0.3 is 15.4 Å². The minimum Gasteiger partial charge on any atom is -0.483 e. The number of amides is 1. The van der Waals surface area contributed by atoms with Crippen LogP contribution in [-0.2, 0) is 4.79 Å². The molecule has 0 aliphatic rings. The van der Waals surface area contributed by atoms with E-state index in [4.69, 9.17) is 10.00 Å². The molecule has 0 spiro atoms. The van der Waals surface area contributed by atoms with Crippen LogP contribution in [0.1, 0.15) is 31.9 Å². The molecule has 1 atom stereocenters. The van der Waals surface area contributed by atoms with Gasteiger partial charge in [-0.05, 0) is 31.7 Å². The highest BCUT2D eigenvalue weighted by Crippen LogP contribution is 2.28. The van der Waals surface area contributed by atoms with Crippen molar-refractivity contribution in [1.82, 2.24) is 10.6 Å². The number of rotatable bonds is 8. The van der Waals surface area contributed by atoms with Crippen LogP contribution in [0.3, 0.4) is 0 Å². The summed E-state index contributed by atoms with van der Waals surface area (Å²) in [5.41, 5.74) is 0.996. The summed E-state index contributed by atoms with van der Waals surface area (Å²) in [7, 11) is 0. The van der Waals surface area contributed by atoms with Gasteiger partial charge in [-0.2, -0.15) is 5.26 Å². The lowest BCUT2D eigenvalue weighted by Gasteiger charge is -2.18. The quantitative estimate of drug-likeness (QED) is 0.704. The summed E-state index contributed by atoms with van der Waals surface area (Å²) < 4.78 is 6.56. The molecule has 2 N–H and O–H groups in total. The van der Waals surface area contributed by atoms with Gasteiger partial charge in [0.05, 0.1) is 12.5 Å². The zero-order chi connectivity index (χ0) is 15.7. The molecule has 0 heterocycles. The van der Waals surface area contributed by atoms with E-state index in [1.807, 2.05) is 38.1 Å². The second-order valence-corrected chi connectivity index (χ2v) is 5.42. The number of halogens is 1. The first-order chi connectivity index (χ1) is 10.1. The fourth-order valence-electron chi connectivity index (χ4n) is 1.86. The summed E-state index contributed by atoms with van der Waals surface area (Å²) >= 11 is 3.44. The van der Waals surface area contributed by atoms with Gasteiger partial charge in [0, 0.05) is 22.6 Å². The molecule has 1 rings (SSSR count). The van der Waals surface area contributed by atoms with E-state index in [0.29, 0.717) is 18.7 Å². The fraction of sp³-hybridized carbons (Fsp3) is 0.467. The Labute approximate surface area is 133 Å². The van der Waals surface area contributed by atoms with Crippen molar-refractivity contribution in [2.45, 2.75) is 26.3 Å². The highest BCUT2D eigenvalue weighted by Gasteiger charge is 2.12. The number of nitriles is 1. The van der Waals surface area contributed by atoms with E-state index in [0.717, 1.165) is 16.6 Å². The molecule has 1 unspecified atom stereocenters. The monoisotopic (exact) mass is 353 g/mol. The molecular formula is C15H20BrN3O2. The number of carbonyl (C=O) groups excluding carboxylic acids is 1. The molecule has 0 aromatic heterocycles. The van der Waals surface area contributed by atoms with Gasteiger partial charge in [-0.15, -0.1) is 0 Å². The Balaban J connectivity index is 2.66. The summed E-state index contributed by atoms with van der Waals surface area (Å²) in [6.45, 7) is 5.23. The lowest BCUT2D eigenvalue weighted by Crippen LogP contribution is -2.30. The molecule has 5 nitrogen and oxygen atoms in total. The topological polar surface area (TPSA) is 74.2 Å². The van der Waals surface area contributed by atoms with Crippen LogP contribution in [0.15, 0.2) is 22.7 Å². The summed E-state index contributed by atoms with van der Waals surface area (Å²) in [6.07, 6.45) is 0.298. The zero-order valence-electron chi connectivity index (χ0n) is 12.3. The normalized spacial score (nSPS) is 11.5. The maximum absolute atomic E-state index is 11.6. The van der Waals surface area contributed by atoms with Crippen LogP contribution in [0.4, 0.5) is 0 Å². The molecule has 0 saturated carbocycles. The lowest BCUT2D eigenvalue weighted by molar-refractivity contribution is -0.123. The Morgan fingerprint density at radius 3 is 2.95 bits per heavy atom. The Morgan fingerprint density at radius 1 is 1.52 bits per heavy atom. The van der Waals surface area contributed by atoms with Crippen molar-refractivity contribution >= 4 is 21.8 Å². The van der Waals surface area contributed by atoms with E-state index in [9.17, 15) is 4.79 Å². The van der Waals surface area contributed by atoms with Crippen molar-refractivity contribution in [1.29, 1.82) is 5.26 Å². The van der Waals surface area contributed by atoms with Crippen molar-refractivity contribution in [2.75, 3.05) is 19.7 Å². The van der Waals surface area contributed by atoms with Crippen LogP contribution in [-0.4, -0.2) is 25.6 Å². The largest absolute Gasteiger partial charge is 0.483 e. The third-order valence-corrected chi connectivity index (χ3v) is 3.36. The summed E-state index contributed by atoms with van der Waals surface area (Å²) in [5, 5.41) is 14.4. The molecule has 0 aliphatic heterocycles. The summed E-state index contributed by atoms with van der Waals surface area (Å²) in [5.74, 6) is 0.456. The van der Waals surface area contributed by atoms with Crippen LogP contribution < -0.4 is 15.4 Å². The number of hydrogen-bond acceptors (Lipinski definition) is 4. The van der Waals surface area contributed by atoms with Gasteiger partial charge in [-0.3, -0.25) is 4.79 Å². The predicted molar refractivity (Wildman–Crippen MR) is 85.0 cm³/mol. The van der Waals surface area contributed by atoms with Gasteiger partial charge in [0.1, 0.15) is 5.75 Å². The molecule has 0 fully saturated rings. The molecule has 0 radical (unpaired) electrons. The van der Waals surface area contributed by atoms with Crippen molar-refractivity contribution < 1.29 is 9.53 Å². The molecule has 0 aliphatic carbocycles. The highest BCUT2D eigenvalue weighted by molar-refractivity contribution is 9.10. The van der Waals surface area contributed by atoms with Crippen molar-refractivity contribution in [3.05, 3.63) is 28.2 Å². The van der Waals surface area contributed by atoms with Crippen molar-refractivity contribution in [3.63, 3.8) is 0 Å². The second kappa shape index (κ2) is 9.37. The number of hydrogen-bond donors (Lipinski definition) is 2. The maximum Gasteiger partial charge on any atom is 0.257 e. The van der Waals surface area contributed by atoms with Gasteiger partial charge in [-0.1, -0.05) is 22.9 Å². The van der Waals surface area contributed by atoms with E-state index < -0.39 is 0 Å². The van der Waals surface area contributed by atoms with E-state index in [2.05, 4.69) is 26.6 Å². The van der Waals surface area contributed by atoms with Gasteiger partial charge >= 0.3 is 0 Å². The second-order valence-electron chi connectivity index (χ2n) is 4.51. The third-order valence-electron chi connectivity index (χ3n) is 2.87. The lowest BCUT2D eigenvalue weighted by atomic mass is 10.1. The smallest absolute Gasteiger partial charge is 0.257 e. The number of nitrogens with one attached hydrogen (secondary N) is 2. The molecule has 1 amide bonds. The molecule has 6 heteroatoms. The first-order valence-electron chi connectivity index (χ1n) is 6.87. The first kappa shape index (κ1) is 17.5. The Morgan fingerprint density at radius 2 is 2.29 bits per heavy atom. The number of carbonyl (C=O) groups is 1. The predicted octanol–water partition coefficient (Wildman–Crippen LogP) is 2.53. The third kappa shape index (κ3) is 6.15. The Hall–Kier alpha value is -1.58. The van der Waals surface area contributed by atoms with Crippen LogP contribution in [0.25, 0.3) is 0 Å². The zero-order valence-corrected chi connectivity index (χ0v) is 13.9. The van der Waals surface area contributed by atoms with Gasteiger partial charge in [-0.25, -0.2) is 0 Å². The number of benzene rings is 1. The van der Waals surface area contributed by atoms with Crippen molar-refractivity contribution in [2.24, 2.45) is 0 Å². The minimum absolute atomic E-state index is 0.0566. The molecule has 21 heavy (non-hydrogen) atoms. The summed E-state index contributed by atoms with van der Waals surface area (Å²) in [4.78, 5) is 11.6. The molecular weight excluding hydrogens is 334 g/mol. The van der Waals surface area contributed by atoms with Crippen molar-refractivity contribution in [3.8, 4) is 11.8 Å². The minimum atomic E-state index is -0.227. The first-order valence-corrected chi connectivity index (χ1v) is 7.67. The standard InChI is InChI=1S/C15H20BrN3O2/c1-3-18-11(2)13-9-12(16)5-6-14(13)21-10-15(20)19-8-4-7-17/h5-6,9,11,18H,3-4,8,10H2,1-2H3,(H,19,20). The maximum atomic E-state index is 11.6. The van der Waals surface area contributed by atoms with Gasteiger partial charge in [0.15, 0.2) is 6.61 Å². The van der Waals surface area contributed by atoms with E-state index in [1.165, 1.54) is 0 Å². The van der Waals surface area contributed by atoms with Crippen LogP contribution in [0.5, 0.6) is 5.75 Å². The average Bonchev–Trinajstić information content (AvgIpc) is 2.46. The summed E-state index contributed by atoms with van der Waals surface area (Å²) in [6, 6.07) is 7.81. The van der Waals surface area contributed by atoms with Gasteiger partial charge in [0.2, 0.25) is 0 Å². The SMILES string of the molecule is CCNC(C)c1cc(Br)ccc1OCC(=O)NCCC#N. The highest BCUT2D eigenvalue weighted by atomic mass is 79.9. The van der Waals surface area contributed by atoms with E-state index >= 15 is 0 Å². The van der Waals surface area contributed by atoms with Gasteiger partial charge in [0.25, 0.3) is 5.91 Å².